The molecule has 4 rings (SSSR count). The van der Waals surface area contributed by atoms with Crippen molar-refractivity contribution in [3.63, 3.8) is 0 Å². The molecule has 126 valence electrons. The van der Waals surface area contributed by atoms with Gasteiger partial charge in [0.15, 0.2) is 0 Å². The Hall–Kier alpha value is -3.27. The first-order valence-electron chi connectivity index (χ1n) is 8.08. The molecule has 0 aliphatic carbocycles. The molecule has 1 amide bonds. The number of aromatic amines is 1. The van der Waals surface area contributed by atoms with Crippen molar-refractivity contribution < 1.29 is 9.53 Å². The second kappa shape index (κ2) is 5.98. The molecule has 7 heteroatoms. The van der Waals surface area contributed by atoms with E-state index in [-0.39, 0.29) is 11.9 Å². The SMILES string of the molecule is COc1ccc2cc(C(=O)N3CCC(n4cc(C#N)cn4)C3)[nH]c2c1. The molecule has 1 N–H and O–H groups in total. The van der Waals surface area contributed by atoms with Crippen LogP contribution in [0.2, 0.25) is 0 Å². The number of carbonyl (C=O) groups is 1. The number of rotatable bonds is 3. The predicted molar refractivity (Wildman–Crippen MR) is 91.4 cm³/mol. The molecule has 1 aliphatic rings. The van der Waals surface area contributed by atoms with Crippen LogP contribution in [0.4, 0.5) is 0 Å². The van der Waals surface area contributed by atoms with Gasteiger partial charge in [-0.05, 0) is 24.6 Å². The molecule has 0 spiro atoms. The van der Waals surface area contributed by atoms with Gasteiger partial charge in [-0.2, -0.15) is 10.4 Å². The summed E-state index contributed by atoms with van der Waals surface area (Å²) >= 11 is 0. The first kappa shape index (κ1) is 15.3. The fourth-order valence-electron chi connectivity index (χ4n) is 3.26. The molecule has 0 saturated carbocycles. The van der Waals surface area contributed by atoms with Crippen molar-refractivity contribution in [1.82, 2.24) is 19.7 Å². The van der Waals surface area contributed by atoms with Gasteiger partial charge in [0.2, 0.25) is 0 Å². The third kappa shape index (κ3) is 2.72. The van der Waals surface area contributed by atoms with Crippen LogP contribution in [-0.4, -0.2) is 45.8 Å². The molecule has 2 aromatic heterocycles. The standard InChI is InChI=1S/C18H17N5O2/c1-25-15-3-2-13-6-17(21-16(13)7-15)18(24)22-5-4-14(11-22)23-10-12(8-19)9-20-23/h2-3,6-7,9-10,14,21H,4-5,11H2,1H3. The number of hydrogen-bond donors (Lipinski definition) is 1. The maximum atomic E-state index is 12.8. The van der Waals surface area contributed by atoms with Gasteiger partial charge in [-0.3, -0.25) is 9.48 Å². The summed E-state index contributed by atoms with van der Waals surface area (Å²) in [5, 5.41) is 14.1. The Labute approximate surface area is 144 Å². The van der Waals surface area contributed by atoms with E-state index in [1.807, 2.05) is 29.2 Å². The molecule has 25 heavy (non-hydrogen) atoms. The first-order chi connectivity index (χ1) is 12.2. The fraction of sp³-hybridized carbons (Fsp3) is 0.278. The van der Waals surface area contributed by atoms with E-state index in [2.05, 4.69) is 16.2 Å². The van der Waals surface area contributed by atoms with Crippen molar-refractivity contribution in [3.8, 4) is 11.8 Å². The summed E-state index contributed by atoms with van der Waals surface area (Å²) in [7, 11) is 1.62. The number of hydrogen-bond acceptors (Lipinski definition) is 4. The quantitative estimate of drug-likeness (QED) is 0.796. The molecule has 0 bridgehead atoms. The number of likely N-dealkylation sites (tertiary alicyclic amines) is 1. The lowest BCUT2D eigenvalue weighted by atomic mass is 10.2. The smallest absolute Gasteiger partial charge is 0.270 e. The molecular weight excluding hydrogens is 318 g/mol. The van der Waals surface area contributed by atoms with Crippen molar-refractivity contribution in [1.29, 1.82) is 5.26 Å². The average molecular weight is 335 g/mol. The Morgan fingerprint density at radius 2 is 2.32 bits per heavy atom. The van der Waals surface area contributed by atoms with Crippen LogP contribution in [0, 0.1) is 11.3 Å². The molecule has 1 saturated heterocycles. The highest BCUT2D eigenvalue weighted by Crippen LogP contribution is 2.25. The number of aromatic nitrogens is 3. The molecule has 1 fully saturated rings. The Bertz CT molecular complexity index is 981. The third-order valence-corrected chi connectivity index (χ3v) is 4.62. The minimum absolute atomic E-state index is 0.0228. The summed E-state index contributed by atoms with van der Waals surface area (Å²) in [6.07, 6.45) is 4.11. The lowest BCUT2D eigenvalue weighted by Gasteiger charge is -2.15. The van der Waals surface area contributed by atoms with E-state index >= 15 is 0 Å². The van der Waals surface area contributed by atoms with Crippen LogP contribution in [-0.2, 0) is 0 Å². The van der Waals surface area contributed by atoms with Crippen LogP contribution in [0.25, 0.3) is 10.9 Å². The highest BCUT2D eigenvalue weighted by molar-refractivity contribution is 5.98. The van der Waals surface area contributed by atoms with E-state index in [0.29, 0.717) is 24.3 Å². The lowest BCUT2D eigenvalue weighted by molar-refractivity contribution is 0.0782. The number of amides is 1. The fourth-order valence-corrected chi connectivity index (χ4v) is 3.26. The Morgan fingerprint density at radius 1 is 1.44 bits per heavy atom. The van der Waals surface area contributed by atoms with E-state index in [1.165, 1.54) is 0 Å². The van der Waals surface area contributed by atoms with E-state index < -0.39 is 0 Å². The maximum absolute atomic E-state index is 12.8. The summed E-state index contributed by atoms with van der Waals surface area (Å²) < 4.78 is 7.00. The number of benzene rings is 1. The van der Waals surface area contributed by atoms with Crippen LogP contribution >= 0.6 is 0 Å². The molecule has 1 unspecified atom stereocenters. The van der Waals surface area contributed by atoms with Crippen molar-refractivity contribution in [2.45, 2.75) is 12.5 Å². The summed E-state index contributed by atoms with van der Waals surface area (Å²) in [5.74, 6) is 0.729. The summed E-state index contributed by atoms with van der Waals surface area (Å²) in [6.45, 7) is 1.26. The predicted octanol–water partition coefficient (Wildman–Crippen LogP) is 2.33. The van der Waals surface area contributed by atoms with Gasteiger partial charge in [-0.1, -0.05) is 0 Å². The summed E-state index contributed by atoms with van der Waals surface area (Å²) in [6, 6.07) is 9.74. The third-order valence-electron chi connectivity index (χ3n) is 4.62. The summed E-state index contributed by atoms with van der Waals surface area (Å²) in [4.78, 5) is 17.8. The lowest BCUT2D eigenvalue weighted by Crippen LogP contribution is -2.29. The number of methoxy groups -OCH3 is 1. The van der Waals surface area contributed by atoms with E-state index in [9.17, 15) is 4.79 Å². The van der Waals surface area contributed by atoms with Crippen LogP contribution in [0.15, 0.2) is 36.7 Å². The molecule has 3 aromatic rings. The van der Waals surface area contributed by atoms with Crippen molar-refractivity contribution in [2.75, 3.05) is 20.2 Å². The zero-order valence-electron chi connectivity index (χ0n) is 13.8. The molecule has 1 aromatic carbocycles. The van der Waals surface area contributed by atoms with Gasteiger partial charge < -0.3 is 14.6 Å². The Morgan fingerprint density at radius 3 is 3.08 bits per heavy atom. The second-order valence-corrected chi connectivity index (χ2v) is 6.15. The van der Waals surface area contributed by atoms with Gasteiger partial charge in [-0.25, -0.2) is 0 Å². The largest absolute Gasteiger partial charge is 0.497 e. The number of carbonyl (C=O) groups excluding carboxylic acids is 1. The van der Waals surface area contributed by atoms with Crippen molar-refractivity contribution in [2.24, 2.45) is 0 Å². The van der Waals surface area contributed by atoms with Crippen LogP contribution < -0.4 is 4.74 Å². The number of fused-ring (bicyclic) bond motifs is 1. The Balaban J connectivity index is 1.52. The van der Waals surface area contributed by atoms with Crippen LogP contribution in [0.1, 0.15) is 28.5 Å². The average Bonchev–Trinajstić information content (AvgIpc) is 3.38. The second-order valence-electron chi connectivity index (χ2n) is 6.15. The monoisotopic (exact) mass is 335 g/mol. The van der Waals surface area contributed by atoms with Gasteiger partial charge in [0.05, 0.1) is 24.9 Å². The number of H-pyrrole nitrogens is 1. The number of nitrogens with zero attached hydrogens (tertiary/aromatic N) is 4. The van der Waals surface area contributed by atoms with Crippen LogP contribution in [0.5, 0.6) is 5.75 Å². The topological polar surface area (TPSA) is 86.9 Å². The highest BCUT2D eigenvalue weighted by Gasteiger charge is 2.29. The van der Waals surface area contributed by atoms with Gasteiger partial charge in [0.25, 0.3) is 5.91 Å². The van der Waals surface area contributed by atoms with E-state index in [4.69, 9.17) is 10.00 Å². The zero-order valence-corrected chi connectivity index (χ0v) is 13.8. The highest BCUT2D eigenvalue weighted by atomic mass is 16.5. The van der Waals surface area contributed by atoms with Crippen molar-refractivity contribution in [3.05, 3.63) is 47.9 Å². The molecule has 1 atom stereocenters. The molecular formula is C18H17N5O2. The van der Waals surface area contributed by atoms with Gasteiger partial charge in [0, 0.05) is 36.3 Å². The molecule has 1 aliphatic heterocycles. The maximum Gasteiger partial charge on any atom is 0.270 e. The first-order valence-corrected chi connectivity index (χ1v) is 8.08. The number of nitriles is 1. The molecule has 0 radical (unpaired) electrons. The number of ether oxygens (including phenoxy) is 1. The van der Waals surface area contributed by atoms with E-state index in [0.717, 1.165) is 23.1 Å². The zero-order chi connectivity index (χ0) is 17.4. The van der Waals surface area contributed by atoms with Gasteiger partial charge >= 0.3 is 0 Å². The molecule has 7 nitrogen and oxygen atoms in total. The number of nitrogens with one attached hydrogen (secondary N) is 1. The van der Waals surface area contributed by atoms with Gasteiger partial charge in [-0.15, -0.1) is 0 Å². The normalized spacial score (nSPS) is 17.0. The van der Waals surface area contributed by atoms with Crippen molar-refractivity contribution >= 4 is 16.8 Å². The minimum Gasteiger partial charge on any atom is -0.497 e. The molecule has 3 heterocycles. The summed E-state index contributed by atoms with van der Waals surface area (Å²) in [5.41, 5.74) is 1.99. The van der Waals surface area contributed by atoms with Crippen LogP contribution in [0.3, 0.4) is 0 Å². The van der Waals surface area contributed by atoms with E-state index in [1.54, 1.807) is 24.2 Å². The van der Waals surface area contributed by atoms with Gasteiger partial charge in [0.1, 0.15) is 17.5 Å². The Kier molecular flexibility index (Phi) is 3.65. The minimum atomic E-state index is -0.0228.